The first-order valence-electron chi connectivity index (χ1n) is 11.2. The van der Waals surface area contributed by atoms with Gasteiger partial charge in [0.25, 0.3) is 0 Å². The summed E-state index contributed by atoms with van der Waals surface area (Å²) in [5, 5.41) is 11.1. The molecule has 0 bridgehead atoms. The number of rotatable bonds is 7. The molecule has 1 saturated heterocycles. The van der Waals surface area contributed by atoms with Crippen molar-refractivity contribution in [3.8, 4) is 0 Å². The Bertz CT molecular complexity index is 606. The lowest BCUT2D eigenvalue weighted by molar-refractivity contribution is -0.122. The number of nitrogens with zero attached hydrogens (tertiary/aromatic N) is 1. The minimum atomic E-state index is -2.01. The fourth-order valence-electron chi connectivity index (χ4n) is 3.72. The van der Waals surface area contributed by atoms with Gasteiger partial charge in [-0.05, 0) is 64.6 Å². The number of likely N-dealkylation sites (tertiary alicyclic amines) is 1. The van der Waals surface area contributed by atoms with Crippen LogP contribution in [0.2, 0.25) is 18.1 Å². The van der Waals surface area contributed by atoms with Crippen LogP contribution in [0.4, 0.5) is 4.79 Å². The lowest BCUT2D eigenvalue weighted by Gasteiger charge is -2.39. The number of Topliss-reactive ketones (excluding diaryl/α,β-unsaturated/α-hetero) is 1. The zero-order valence-corrected chi connectivity index (χ0v) is 22.0. The molecule has 6 nitrogen and oxygen atoms in total. The minimum absolute atomic E-state index is 0.0580. The summed E-state index contributed by atoms with van der Waals surface area (Å²) in [5.74, 6) is 0.0607. The molecule has 176 valence electrons. The monoisotopic (exact) mass is 443 g/mol. The molecular weight excluding hydrogens is 398 g/mol. The van der Waals surface area contributed by atoms with E-state index in [2.05, 4.69) is 33.9 Å². The van der Waals surface area contributed by atoms with Crippen LogP contribution in [-0.4, -0.2) is 60.6 Å². The van der Waals surface area contributed by atoms with Gasteiger partial charge >= 0.3 is 6.09 Å². The highest BCUT2D eigenvalue weighted by Gasteiger charge is 2.51. The summed E-state index contributed by atoms with van der Waals surface area (Å²) in [5.41, 5.74) is -0.679. The van der Waals surface area contributed by atoms with Gasteiger partial charge in [-0.15, -0.1) is 0 Å². The summed E-state index contributed by atoms with van der Waals surface area (Å²) < 4.78 is 12.1. The second kappa shape index (κ2) is 9.70. The van der Waals surface area contributed by atoms with E-state index in [1.54, 1.807) is 20.8 Å². The van der Waals surface area contributed by atoms with Crippen LogP contribution in [0, 0.1) is 11.8 Å². The van der Waals surface area contributed by atoms with Crippen molar-refractivity contribution >= 4 is 20.2 Å². The Balaban J connectivity index is 3.25. The predicted octanol–water partition coefficient (Wildman–Crippen LogP) is 5.00. The van der Waals surface area contributed by atoms with Gasteiger partial charge in [0, 0.05) is 12.5 Å². The fourth-order valence-corrected chi connectivity index (χ4v) is 4.78. The summed E-state index contributed by atoms with van der Waals surface area (Å²) >= 11 is 0. The van der Waals surface area contributed by atoms with Gasteiger partial charge in [-0.25, -0.2) is 4.79 Å². The van der Waals surface area contributed by atoms with Gasteiger partial charge in [-0.3, -0.25) is 9.69 Å². The van der Waals surface area contributed by atoms with Gasteiger partial charge < -0.3 is 14.3 Å². The van der Waals surface area contributed by atoms with Gasteiger partial charge in [0.15, 0.2) is 14.1 Å². The first-order valence-corrected chi connectivity index (χ1v) is 14.1. The zero-order chi connectivity index (χ0) is 23.7. The van der Waals surface area contributed by atoms with E-state index in [4.69, 9.17) is 9.16 Å². The third-order valence-corrected chi connectivity index (χ3v) is 10.8. The first-order chi connectivity index (χ1) is 13.4. The van der Waals surface area contributed by atoms with E-state index in [0.717, 1.165) is 0 Å². The zero-order valence-electron chi connectivity index (χ0n) is 21.0. The van der Waals surface area contributed by atoms with Gasteiger partial charge in [-0.1, -0.05) is 34.6 Å². The molecule has 30 heavy (non-hydrogen) atoms. The molecule has 1 N–H and O–H groups in total. The van der Waals surface area contributed by atoms with Crippen LogP contribution in [0.3, 0.4) is 0 Å². The molecule has 1 fully saturated rings. The molecule has 0 aromatic rings. The first kappa shape index (κ1) is 27.1. The van der Waals surface area contributed by atoms with E-state index in [1.807, 2.05) is 13.8 Å². The minimum Gasteiger partial charge on any atom is -0.444 e. The third-order valence-electron chi connectivity index (χ3n) is 6.31. The second-order valence-corrected chi connectivity index (χ2v) is 16.6. The summed E-state index contributed by atoms with van der Waals surface area (Å²) in [4.78, 5) is 27.1. The van der Waals surface area contributed by atoms with E-state index < -0.39 is 38.2 Å². The average molecular weight is 444 g/mol. The molecule has 0 radical (unpaired) electrons. The van der Waals surface area contributed by atoms with Crippen molar-refractivity contribution < 1.29 is 23.9 Å². The normalized spacial score (nSPS) is 24.3. The Hall–Kier alpha value is -0.923. The van der Waals surface area contributed by atoms with Crippen molar-refractivity contribution in [3.05, 3.63) is 0 Å². The molecule has 1 rings (SSSR count). The molecule has 0 aromatic heterocycles. The van der Waals surface area contributed by atoms with Crippen LogP contribution in [0.1, 0.15) is 75.2 Å². The number of carbonyl (C=O) groups excluding carboxylic acids is 2. The maximum atomic E-state index is 13.1. The Labute approximate surface area is 184 Å². The van der Waals surface area contributed by atoms with E-state index in [0.29, 0.717) is 19.4 Å². The van der Waals surface area contributed by atoms with Crippen LogP contribution in [0.15, 0.2) is 0 Å². The molecular formula is C23H45NO5Si. The van der Waals surface area contributed by atoms with E-state index in [-0.39, 0.29) is 22.7 Å². The molecule has 0 aromatic carbocycles. The van der Waals surface area contributed by atoms with Crippen molar-refractivity contribution in [3.63, 3.8) is 0 Å². The molecule has 1 unspecified atom stereocenters. The van der Waals surface area contributed by atoms with Gasteiger partial charge in [0.1, 0.15) is 5.60 Å². The summed E-state index contributed by atoms with van der Waals surface area (Å²) in [7, 11) is -2.01. The molecule has 1 aliphatic rings. The molecule has 7 heteroatoms. The highest BCUT2D eigenvalue weighted by Crippen LogP contribution is 2.40. The highest BCUT2D eigenvalue weighted by molar-refractivity contribution is 6.74. The Morgan fingerprint density at radius 1 is 1.13 bits per heavy atom. The summed E-state index contributed by atoms with van der Waals surface area (Å²) in [6.07, 6.45) is -0.242. The van der Waals surface area contributed by atoms with Crippen LogP contribution in [0.25, 0.3) is 0 Å². The summed E-state index contributed by atoms with van der Waals surface area (Å²) in [6.45, 7) is 22.4. The van der Waals surface area contributed by atoms with Crippen LogP contribution < -0.4 is 0 Å². The van der Waals surface area contributed by atoms with Gasteiger partial charge in [-0.2, -0.15) is 0 Å². The second-order valence-electron chi connectivity index (χ2n) is 11.8. The average Bonchev–Trinajstić information content (AvgIpc) is 2.89. The van der Waals surface area contributed by atoms with E-state index >= 15 is 0 Å². The lowest BCUT2D eigenvalue weighted by Crippen LogP contribution is -2.52. The number of carbonyl (C=O) groups is 2. The highest BCUT2D eigenvalue weighted by atomic mass is 28.4. The lowest BCUT2D eigenvalue weighted by atomic mass is 9.91. The van der Waals surface area contributed by atoms with E-state index in [1.165, 1.54) is 11.8 Å². The Morgan fingerprint density at radius 2 is 1.67 bits per heavy atom. The molecule has 1 aliphatic heterocycles. The number of aliphatic hydroxyl groups is 1. The summed E-state index contributed by atoms with van der Waals surface area (Å²) in [6, 6.07) is -1.10. The van der Waals surface area contributed by atoms with Gasteiger partial charge in [0.2, 0.25) is 0 Å². The van der Waals surface area contributed by atoms with E-state index in [9.17, 15) is 14.7 Å². The number of ketones is 1. The number of amides is 1. The topological polar surface area (TPSA) is 76.1 Å². The molecule has 1 amide bonds. The predicted molar refractivity (Wildman–Crippen MR) is 123 cm³/mol. The molecule has 1 heterocycles. The van der Waals surface area contributed by atoms with Crippen molar-refractivity contribution in [1.82, 2.24) is 4.90 Å². The Kier molecular flexibility index (Phi) is 8.76. The molecule has 0 aliphatic carbocycles. The van der Waals surface area contributed by atoms with Crippen molar-refractivity contribution in [2.45, 2.75) is 117 Å². The molecule has 0 saturated carbocycles. The molecule has 4 atom stereocenters. The quantitative estimate of drug-likeness (QED) is 0.560. The standard InChI is InChI=1S/C23H45NO5Si/c1-15(2)12-19(26)20-17(14-28-30(10,11)23(7,8)9)13-18(16(3)25)24(20)21(27)29-22(4,5)6/h15,17-20,26H,12-14H2,1-11H3/t17-,18+,19?,20-/m0/s1. The third kappa shape index (κ3) is 7.06. The largest absolute Gasteiger partial charge is 0.444 e. The van der Waals surface area contributed by atoms with Crippen molar-refractivity contribution in [2.24, 2.45) is 11.8 Å². The maximum absolute atomic E-state index is 13.1. The Morgan fingerprint density at radius 3 is 2.07 bits per heavy atom. The molecule has 0 spiro atoms. The van der Waals surface area contributed by atoms with Crippen LogP contribution in [-0.2, 0) is 14.0 Å². The maximum Gasteiger partial charge on any atom is 0.411 e. The SMILES string of the molecule is CC(=O)[C@H]1C[C@@H](CO[Si](C)(C)C(C)(C)C)[C@@H](C(O)CC(C)C)N1C(=O)OC(C)(C)C. The van der Waals surface area contributed by atoms with Crippen LogP contribution in [0.5, 0.6) is 0 Å². The number of hydrogen-bond donors (Lipinski definition) is 1. The number of aliphatic hydroxyl groups excluding tert-OH is 1. The van der Waals surface area contributed by atoms with Gasteiger partial charge in [0.05, 0.1) is 18.2 Å². The number of ether oxygens (including phenoxy) is 1. The van der Waals surface area contributed by atoms with Crippen molar-refractivity contribution in [2.75, 3.05) is 6.61 Å². The fraction of sp³-hybridized carbons (Fsp3) is 0.913. The van der Waals surface area contributed by atoms with Crippen molar-refractivity contribution in [1.29, 1.82) is 0 Å². The van der Waals surface area contributed by atoms with Crippen LogP contribution >= 0.6 is 0 Å². The smallest absolute Gasteiger partial charge is 0.411 e. The number of hydrogen-bond acceptors (Lipinski definition) is 5.